The van der Waals surface area contributed by atoms with E-state index in [9.17, 15) is 9.59 Å². The highest BCUT2D eigenvalue weighted by Crippen LogP contribution is 2.14. The summed E-state index contributed by atoms with van der Waals surface area (Å²) in [5, 5.41) is 7.94. The molecule has 1 aliphatic heterocycles. The van der Waals surface area contributed by atoms with Crippen molar-refractivity contribution in [2.75, 3.05) is 6.54 Å². The quantitative estimate of drug-likeness (QED) is 0.717. The molecule has 1 aliphatic rings. The molecule has 17 heavy (non-hydrogen) atoms. The molecule has 1 aromatic heterocycles. The lowest BCUT2D eigenvalue weighted by atomic mass is 10.1. The molecule has 0 saturated carbocycles. The lowest BCUT2D eigenvalue weighted by Gasteiger charge is -2.23. The van der Waals surface area contributed by atoms with Crippen LogP contribution in [0.3, 0.4) is 0 Å². The summed E-state index contributed by atoms with van der Waals surface area (Å²) < 4.78 is 0. The summed E-state index contributed by atoms with van der Waals surface area (Å²) in [6, 6.07) is 2.12. The molecule has 1 atom stereocenters. The Labute approximate surface area is 103 Å². The van der Waals surface area contributed by atoms with Crippen LogP contribution in [0.1, 0.15) is 28.1 Å². The van der Waals surface area contributed by atoms with E-state index in [2.05, 4.69) is 10.6 Å². The number of nitrogens with one attached hydrogen (secondary N) is 2. The Bertz CT molecular complexity index is 420. The molecule has 1 aromatic rings. The molecule has 5 nitrogen and oxygen atoms in total. The van der Waals surface area contributed by atoms with Crippen LogP contribution in [0.4, 0.5) is 0 Å². The van der Waals surface area contributed by atoms with Crippen molar-refractivity contribution in [3.05, 3.63) is 21.9 Å². The molecule has 1 unspecified atom stereocenters. The Morgan fingerprint density at radius 2 is 2.47 bits per heavy atom. The maximum absolute atomic E-state index is 11.0. The maximum atomic E-state index is 11.0. The zero-order valence-corrected chi connectivity index (χ0v) is 10.2. The zero-order chi connectivity index (χ0) is 12.3. The highest BCUT2D eigenvalue weighted by atomic mass is 32.1. The lowest BCUT2D eigenvalue weighted by Crippen LogP contribution is -2.45. The van der Waals surface area contributed by atoms with Crippen molar-refractivity contribution in [3.63, 3.8) is 0 Å². The smallest absolute Gasteiger partial charge is 0.249 e. The summed E-state index contributed by atoms with van der Waals surface area (Å²) in [4.78, 5) is 23.0. The number of amides is 2. The van der Waals surface area contributed by atoms with Gasteiger partial charge in [0.1, 0.15) is 0 Å². The number of piperidine rings is 1. The molecule has 0 spiro atoms. The van der Waals surface area contributed by atoms with Gasteiger partial charge in [-0.05, 0) is 12.5 Å². The molecule has 2 heterocycles. The highest BCUT2D eigenvalue weighted by molar-refractivity contribution is 7.10. The first-order valence-corrected chi connectivity index (χ1v) is 6.40. The third-order valence-electron chi connectivity index (χ3n) is 2.77. The number of hydrogen-bond donors (Lipinski definition) is 3. The molecule has 2 amide bonds. The fraction of sp³-hybridized carbons (Fsp3) is 0.455. The normalized spacial score (nSPS) is 20.0. The average Bonchev–Trinajstić information content (AvgIpc) is 2.77. The fourth-order valence-electron chi connectivity index (χ4n) is 1.75. The molecule has 0 aliphatic carbocycles. The largest absolute Gasteiger partial charge is 0.366 e. The Morgan fingerprint density at radius 1 is 1.65 bits per heavy atom. The van der Waals surface area contributed by atoms with Crippen LogP contribution in [-0.2, 0) is 11.3 Å². The summed E-state index contributed by atoms with van der Waals surface area (Å²) in [6.07, 6.45) is 1.44. The number of rotatable bonds is 4. The van der Waals surface area contributed by atoms with Crippen LogP contribution >= 0.6 is 11.3 Å². The van der Waals surface area contributed by atoms with Crippen molar-refractivity contribution >= 4 is 23.2 Å². The monoisotopic (exact) mass is 253 g/mol. The molecule has 0 radical (unpaired) electrons. The minimum Gasteiger partial charge on any atom is -0.366 e. The van der Waals surface area contributed by atoms with E-state index in [1.54, 1.807) is 11.4 Å². The van der Waals surface area contributed by atoms with Gasteiger partial charge in [-0.2, -0.15) is 0 Å². The van der Waals surface area contributed by atoms with Gasteiger partial charge in [-0.15, -0.1) is 11.3 Å². The first-order chi connectivity index (χ1) is 8.15. The van der Waals surface area contributed by atoms with Crippen LogP contribution in [0.2, 0.25) is 0 Å². The molecule has 6 heteroatoms. The van der Waals surface area contributed by atoms with E-state index in [1.807, 2.05) is 0 Å². The van der Waals surface area contributed by atoms with Gasteiger partial charge in [-0.1, -0.05) is 0 Å². The van der Waals surface area contributed by atoms with Gasteiger partial charge in [-0.3, -0.25) is 9.59 Å². The Balaban J connectivity index is 1.81. The van der Waals surface area contributed by atoms with E-state index in [0.29, 0.717) is 31.1 Å². The number of thiophene rings is 1. The van der Waals surface area contributed by atoms with Crippen molar-refractivity contribution in [1.82, 2.24) is 10.6 Å². The minimum absolute atomic E-state index is 0.121. The SMILES string of the molecule is NC(=O)c1csc(CNC2CCC(=O)NC2)c1. The van der Waals surface area contributed by atoms with E-state index in [-0.39, 0.29) is 5.91 Å². The van der Waals surface area contributed by atoms with Gasteiger partial charge in [0.25, 0.3) is 0 Å². The topological polar surface area (TPSA) is 84.2 Å². The standard InChI is InChI=1S/C11H15N3O2S/c12-11(16)7-3-9(17-6-7)5-13-8-1-2-10(15)14-4-8/h3,6,8,13H,1-2,4-5H2,(H2,12,16)(H,14,15). The van der Waals surface area contributed by atoms with Crippen LogP contribution in [0.15, 0.2) is 11.4 Å². The summed E-state index contributed by atoms with van der Waals surface area (Å²) >= 11 is 1.52. The van der Waals surface area contributed by atoms with Gasteiger partial charge in [0, 0.05) is 35.8 Å². The van der Waals surface area contributed by atoms with Crippen molar-refractivity contribution in [2.24, 2.45) is 5.73 Å². The fourth-order valence-corrected chi connectivity index (χ4v) is 2.58. The Kier molecular flexibility index (Phi) is 3.75. The molecule has 0 aromatic carbocycles. The highest BCUT2D eigenvalue weighted by Gasteiger charge is 2.17. The van der Waals surface area contributed by atoms with Crippen LogP contribution in [-0.4, -0.2) is 24.4 Å². The van der Waals surface area contributed by atoms with Crippen molar-refractivity contribution in [3.8, 4) is 0 Å². The second-order valence-corrected chi connectivity index (χ2v) is 5.08. The predicted octanol–water partition coefficient (Wildman–Crippen LogP) is 0.215. The molecule has 0 bridgehead atoms. The number of carbonyl (C=O) groups excluding carboxylic acids is 2. The van der Waals surface area contributed by atoms with Crippen molar-refractivity contribution in [1.29, 1.82) is 0 Å². The van der Waals surface area contributed by atoms with Crippen LogP contribution in [0, 0.1) is 0 Å². The summed E-state index contributed by atoms with van der Waals surface area (Å²) in [5.41, 5.74) is 5.74. The molecular weight excluding hydrogens is 238 g/mol. The molecule has 92 valence electrons. The number of carbonyl (C=O) groups is 2. The summed E-state index contributed by atoms with van der Waals surface area (Å²) in [6.45, 7) is 1.38. The van der Waals surface area contributed by atoms with Crippen LogP contribution in [0.5, 0.6) is 0 Å². The van der Waals surface area contributed by atoms with Gasteiger partial charge < -0.3 is 16.4 Å². The first-order valence-electron chi connectivity index (χ1n) is 5.52. The minimum atomic E-state index is -0.391. The van der Waals surface area contributed by atoms with E-state index < -0.39 is 5.91 Å². The van der Waals surface area contributed by atoms with Gasteiger partial charge >= 0.3 is 0 Å². The Hall–Kier alpha value is -1.40. The summed E-state index contributed by atoms with van der Waals surface area (Å²) in [7, 11) is 0. The number of hydrogen-bond acceptors (Lipinski definition) is 4. The molecule has 4 N–H and O–H groups in total. The molecule has 1 saturated heterocycles. The molecule has 2 rings (SSSR count). The zero-order valence-electron chi connectivity index (χ0n) is 9.36. The van der Waals surface area contributed by atoms with Gasteiger partial charge in [0.2, 0.25) is 11.8 Å². The molecular formula is C11H15N3O2S. The first kappa shape index (κ1) is 12.1. The Morgan fingerprint density at radius 3 is 3.06 bits per heavy atom. The predicted molar refractivity (Wildman–Crippen MR) is 65.7 cm³/mol. The third-order valence-corrected chi connectivity index (χ3v) is 3.71. The second-order valence-electron chi connectivity index (χ2n) is 4.09. The lowest BCUT2D eigenvalue weighted by molar-refractivity contribution is -0.122. The molecule has 1 fully saturated rings. The van der Waals surface area contributed by atoms with E-state index >= 15 is 0 Å². The van der Waals surface area contributed by atoms with E-state index in [4.69, 9.17) is 5.73 Å². The number of nitrogens with two attached hydrogens (primary N) is 1. The number of primary amides is 1. The summed E-state index contributed by atoms with van der Waals surface area (Å²) in [5.74, 6) is -0.271. The maximum Gasteiger partial charge on any atom is 0.249 e. The van der Waals surface area contributed by atoms with Gasteiger partial charge in [-0.25, -0.2) is 0 Å². The van der Waals surface area contributed by atoms with Crippen molar-refractivity contribution < 1.29 is 9.59 Å². The average molecular weight is 253 g/mol. The van der Waals surface area contributed by atoms with Crippen LogP contribution in [0.25, 0.3) is 0 Å². The third kappa shape index (κ3) is 3.28. The van der Waals surface area contributed by atoms with Crippen LogP contribution < -0.4 is 16.4 Å². The second kappa shape index (κ2) is 5.29. The van der Waals surface area contributed by atoms with E-state index in [0.717, 1.165) is 11.3 Å². The van der Waals surface area contributed by atoms with E-state index in [1.165, 1.54) is 11.3 Å². The van der Waals surface area contributed by atoms with Gasteiger partial charge in [0.05, 0.1) is 5.56 Å². The van der Waals surface area contributed by atoms with Crippen molar-refractivity contribution in [2.45, 2.75) is 25.4 Å². The van der Waals surface area contributed by atoms with Gasteiger partial charge in [0.15, 0.2) is 0 Å².